The minimum absolute atomic E-state index is 0.0534. The third kappa shape index (κ3) is 4.59. The fraction of sp³-hybridized carbons (Fsp3) is 0.611. The van der Waals surface area contributed by atoms with Crippen LogP contribution in [0, 0.1) is 5.92 Å². The number of anilines is 1. The number of amides is 1. The van der Waals surface area contributed by atoms with E-state index in [4.69, 9.17) is 0 Å². The molecule has 3 rings (SSSR count). The van der Waals surface area contributed by atoms with Gasteiger partial charge in [-0.05, 0) is 69.0 Å². The van der Waals surface area contributed by atoms with Crippen molar-refractivity contribution in [3.05, 3.63) is 24.3 Å². The first kappa shape index (κ1) is 18.4. The van der Waals surface area contributed by atoms with Gasteiger partial charge in [0.2, 0.25) is 15.9 Å². The highest BCUT2D eigenvalue weighted by Gasteiger charge is 2.28. The van der Waals surface area contributed by atoms with E-state index >= 15 is 0 Å². The first-order chi connectivity index (χ1) is 11.9. The molecule has 0 aromatic heterocycles. The predicted octanol–water partition coefficient (Wildman–Crippen LogP) is 2.14. The van der Waals surface area contributed by atoms with E-state index in [2.05, 4.69) is 17.1 Å². The molecule has 0 unspecified atom stereocenters. The molecule has 2 aliphatic heterocycles. The summed E-state index contributed by atoms with van der Waals surface area (Å²) in [5, 5.41) is 2.85. The second kappa shape index (κ2) is 7.85. The first-order valence-electron chi connectivity index (χ1n) is 9.07. The van der Waals surface area contributed by atoms with Crippen molar-refractivity contribution in [3.8, 4) is 0 Å². The summed E-state index contributed by atoms with van der Waals surface area (Å²) >= 11 is 0. The van der Waals surface area contributed by atoms with Crippen LogP contribution in [-0.4, -0.2) is 56.3 Å². The molecule has 2 fully saturated rings. The molecule has 2 heterocycles. The predicted molar refractivity (Wildman–Crippen MR) is 97.9 cm³/mol. The van der Waals surface area contributed by atoms with Gasteiger partial charge in [0.25, 0.3) is 0 Å². The maximum Gasteiger partial charge on any atom is 0.243 e. The minimum Gasteiger partial charge on any atom is -0.325 e. The van der Waals surface area contributed by atoms with Gasteiger partial charge in [0.05, 0.1) is 11.4 Å². The largest absolute Gasteiger partial charge is 0.325 e. The van der Waals surface area contributed by atoms with Crippen LogP contribution in [0.25, 0.3) is 0 Å². The highest BCUT2D eigenvalue weighted by molar-refractivity contribution is 7.89. The lowest BCUT2D eigenvalue weighted by Gasteiger charge is -2.30. The van der Waals surface area contributed by atoms with E-state index in [1.807, 2.05) is 0 Å². The third-order valence-electron chi connectivity index (χ3n) is 4.96. The van der Waals surface area contributed by atoms with Crippen molar-refractivity contribution in [3.63, 3.8) is 0 Å². The van der Waals surface area contributed by atoms with E-state index in [0.29, 0.717) is 36.1 Å². The van der Waals surface area contributed by atoms with E-state index in [9.17, 15) is 13.2 Å². The fourth-order valence-electron chi connectivity index (χ4n) is 3.57. The average Bonchev–Trinajstić information content (AvgIpc) is 3.08. The molecule has 0 saturated carbocycles. The summed E-state index contributed by atoms with van der Waals surface area (Å²) in [6, 6.07) is 6.50. The van der Waals surface area contributed by atoms with Crippen LogP contribution in [0.3, 0.4) is 0 Å². The molecule has 2 saturated heterocycles. The molecular formula is C18H27N3O3S. The second-order valence-electron chi connectivity index (χ2n) is 7.17. The second-order valence-corrected chi connectivity index (χ2v) is 9.10. The molecule has 1 N–H and O–H groups in total. The lowest BCUT2D eigenvalue weighted by atomic mass is 10.0. The molecule has 0 spiro atoms. The zero-order valence-corrected chi connectivity index (χ0v) is 15.6. The van der Waals surface area contributed by atoms with Crippen molar-refractivity contribution in [2.75, 3.05) is 38.0 Å². The van der Waals surface area contributed by atoms with Crippen LogP contribution >= 0.6 is 0 Å². The molecule has 25 heavy (non-hydrogen) atoms. The minimum atomic E-state index is -3.45. The summed E-state index contributed by atoms with van der Waals surface area (Å²) in [4.78, 5) is 14.5. The van der Waals surface area contributed by atoms with Gasteiger partial charge in [0.15, 0.2) is 0 Å². The summed E-state index contributed by atoms with van der Waals surface area (Å²) in [5.74, 6) is 0.343. The Morgan fingerprint density at radius 2 is 1.80 bits per heavy atom. The van der Waals surface area contributed by atoms with Crippen LogP contribution in [0.4, 0.5) is 5.69 Å². The molecule has 0 bridgehead atoms. The summed E-state index contributed by atoms with van der Waals surface area (Å²) in [6.45, 7) is 5.59. The van der Waals surface area contributed by atoms with Crippen molar-refractivity contribution >= 4 is 21.6 Å². The fourth-order valence-corrected chi connectivity index (χ4v) is 5.17. The Labute approximate surface area is 150 Å². The van der Waals surface area contributed by atoms with E-state index in [1.165, 1.54) is 0 Å². The maximum atomic E-state index is 12.7. The summed E-state index contributed by atoms with van der Waals surface area (Å²) in [7, 11) is -3.45. The standard InChI is InChI=1S/C18H27N3O3S/c1-15-5-4-12-21(13-15)25(23,24)17-8-6-16(7-9-17)19-18(22)14-20-10-2-3-11-20/h6-9,15H,2-5,10-14H2,1H3,(H,19,22)/t15-/m1/s1. The van der Waals surface area contributed by atoms with Gasteiger partial charge in [-0.1, -0.05) is 6.92 Å². The SMILES string of the molecule is C[C@@H]1CCCN(S(=O)(=O)c2ccc(NC(=O)CN3CCCC3)cc2)C1. The van der Waals surface area contributed by atoms with Crippen LogP contribution in [0.5, 0.6) is 0 Å². The Balaban J connectivity index is 1.62. The summed E-state index contributed by atoms with van der Waals surface area (Å²) in [6.07, 6.45) is 4.28. The van der Waals surface area contributed by atoms with Gasteiger partial charge in [0.1, 0.15) is 0 Å². The van der Waals surface area contributed by atoms with Gasteiger partial charge < -0.3 is 5.32 Å². The Hall–Kier alpha value is -1.44. The zero-order chi connectivity index (χ0) is 17.9. The molecule has 1 aromatic rings. The highest BCUT2D eigenvalue weighted by Crippen LogP contribution is 2.24. The Bertz CT molecular complexity index is 697. The normalized spacial score (nSPS) is 22.8. The van der Waals surface area contributed by atoms with Gasteiger partial charge in [-0.25, -0.2) is 8.42 Å². The van der Waals surface area contributed by atoms with Crippen LogP contribution in [0.1, 0.15) is 32.6 Å². The number of nitrogens with one attached hydrogen (secondary N) is 1. The number of nitrogens with zero attached hydrogens (tertiary/aromatic N) is 2. The zero-order valence-electron chi connectivity index (χ0n) is 14.8. The van der Waals surface area contributed by atoms with Gasteiger partial charge in [-0.15, -0.1) is 0 Å². The molecule has 1 atom stereocenters. The Morgan fingerprint density at radius 1 is 1.12 bits per heavy atom. The van der Waals surface area contributed by atoms with E-state index in [0.717, 1.165) is 38.8 Å². The van der Waals surface area contributed by atoms with Gasteiger partial charge in [0, 0.05) is 18.8 Å². The van der Waals surface area contributed by atoms with Crippen molar-refractivity contribution < 1.29 is 13.2 Å². The Kier molecular flexibility index (Phi) is 5.76. The van der Waals surface area contributed by atoms with Gasteiger partial charge >= 0.3 is 0 Å². The van der Waals surface area contributed by atoms with Crippen LogP contribution in [0.15, 0.2) is 29.2 Å². The molecule has 138 valence electrons. The van der Waals surface area contributed by atoms with Crippen molar-refractivity contribution in [2.24, 2.45) is 5.92 Å². The number of carbonyl (C=O) groups excluding carboxylic acids is 1. The van der Waals surface area contributed by atoms with Crippen LogP contribution in [-0.2, 0) is 14.8 Å². The highest BCUT2D eigenvalue weighted by atomic mass is 32.2. The number of carbonyl (C=O) groups is 1. The van der Waals surface area contributed by atoms with E-state index in [-0.39, 0.29) is 5.91 Å². The number of benzene rings is 1. The maximum absolute atomic E-state index is 12.7. The molecular weight excluding hydrogens is 338 g/mol. The first-order valence-corrected chi connectivity index (χ1v) is 10.5. The Morgan fingerprint density at radius 3 is 2.44 bits per heavy atom. The third-order valence-corrected chi connectivity index (χ3v) is 6.84. The van der Waals surface area contributed by atoms with Crippen molar-refractivity contribution in [1.29, 1.82) is 0 Å². The number of rotatable bonds is 5. The van der Waals surface area contributed by atoms with Crippen LogP contribution in [0.2, 0.25) is 0 Å². The summed E-state index contributed by atoms with van der Waals surface area (Å²) < 4.78 is 27.0. The number of piperidine rings is 1. The van der Waals surface area contributed by atoms with Gasteiger partial charge in [-0.2, -0.15) is 4.31 Å². The molecule has 1 aromatic carbocycles. The summed E-state index contributed by atoms with van der Waals surface area (Å²) in [5.41, 5.74) is 0.634. The molecule has 6 nitrogen and oxygen atoms in total. The van der Waals surface area contributed by atoms with E-state index < -0.39 is 10.0 Å². The molecule has 1 amide bonds. The van der Waals surface area contributed by atoms with Crippen LogP contribution < -0.4 is 5.32 Å². The number of hydrogen-bond acceptors (Lipinski definition) is 4. The van der Waals surface area contributed by atoms with Crippen molar-refractivity contribution in [2.45, 2.75) is 37.5 Å². The molecule has 0 aliphatic carbocycles. The average molecular weight is 365 g/mol. The molecule has 0 radical (unpaired) electrons. The van der Waals surface area contributed by atoms with Crippen molar-refractivity contribution in [1.82, 2.24) is 9.21 Å². The number of hydrogen-bond donors (Lipinski definition) is 1. The monoisotopic (exact) mass is 365 g/mol. The molecule has 2 aliphatic rings. The van der Waals surface area contributed by atoms with E-state index in [1.54, 1.807) is 28.6 Å². The smallest absolute Gasteiger partial charge is 0.243 e. The topological polar surface area (TPSA) is 69.7 Å². The lowest BCUT2D eigenvalue weighted by molar-refractivity contribution is -0.117. The molecule has 7 heteroatoms. The number of sulfonamides is 1. The number of likely N-dealkylation sites (tertiary alicyclic amines) is 1. The lowest BCUT2D eigenvalue weighted by Crippen LogP contribution is -2.39. The quantitative estimate of drug-likeness (QED) is 0.868. The van der Waals surface area contributed by atoms with Gasteiger partial charge in [-0.3, -0.25) is 9.69 Å².